The zero-order chi connectivity index (χ0) is 14.7. The lowest BCUT2D eigenvalue weighted by Crippen LogP contribution is -2.20. The van der Waals surface area contributed by atoms with Crippen molar-refractivity contribution in [2.75, 3.05) is 24.3 Å². The number of hydrogen-bond acceptors (Lipinski definition) is 4. The number of nitrogens with zero attached hydrogens (tertiary/aromatic N) is 4. The van der Waals surface area contributed by atoms with Gasteiger partial charge in [-0.15, -0.1) is 0 Å². The number of rotatable bonds is 3. The van der Waals surface area contributed by atoms with Crippen molar-refractivity contribution in [3.05, 3.63) is 41.6 Å². The molecule has 2 aromatic rings. The number of para-hydroxylation sites is 1. The molecule has 1 N–H and O–H groups in total. The Balaban J connectivity index is 2.34. The zero-order valence-corrected chi connectivity index (χ0v) is 11.6. The third-order valence-electron chi connectivity index (χ3n) is 2.92. The second kappa shape index (κ2) is 5.45. The number of nitrogens with one attached hydrogen (secondary N) is 1. The summed E-state index contributed by atoms with van der Waals surface area (Å²) in [7, 11) is 5.42. The van der Waals surface area contributed by atoms with E-state index in [1.54, 1.807) is 19.2 Å². The Morgan fingerprint density at radius 1 is 1.40 bits per heavy atom. The summed E-state index contributed by atoms with van der Waals surface area (Å²) in [6.07, 6.45) is 1.42. The largest absolute Gasteiger partial charge is 0.377 e. The molecule has 1 heterocycles. The van der Waals surface area contributed by atoms with Gasteiger partial charge in [0, 0.05) is 26.8 Å². The minimum Gasteiger partial charge on any atom is -0.377 e. The molecule has 20 heavy (non-hydrogen) atoms. The van der Waals surface area contributed by atoms with Crippen molar-refractivity contribution < 1.29 is 4.79 Å². The highest BCUT2D eigenvalue weighted by atomic mass is 16.1. The number of carbonyl (C=O) groups is 1. The molecule has 0 aliphatic carbocycles. The van der Waals surface area contributed by atoms with Crippen molar-refractivity contribution >= 4 is 17.4 Å². The molecule has 0 aliphatic heterocycles. The van der Waals surface area contributed by atoms with Crippen LogP contribution in [0.5, 0.6) is 0 Å². The molecule has 0 spiro atoms. The average molecular weight is 269 g/mol. The molecule has 0 radical (unpaired) electrons. The molecular formula is C14H15N5O. The van der Waals surface area contributed by atoms with Crippen molar-refractivity contribution in [1.82, 2.24) is 9.78 Å². The normalized spacial score (nSPS) is 9.90. The lowest BCUT2D eigenvalue weighted by atomic mass is 10.1. The minimum absolute atomic E-state index is 0.269. The Morgan fingerprint density at radius 2 is 2.10 bits per heavy atom. The quantitative estimate of drug-likeness (QED) is 0.918. The molecule has 6 nitrogen and oxygen atoms in total. The molecule has 0 atom stereocenters. The molecule has 2 rings (SSSR count). The van der Waals surface area contributed by atoms with Crippen molar-refractivity contribution in [3.8, 4) is 6.07 Å². The maximum atomic E-state index is 12.4. The van der Waals surface area contributed by atoms with Crippen LogP contribution in [0.15, 0.2) is 30.5 Å². The van der Waals surface area contributed by atoms with Crippen molar-refractivity contribution in [1.29, 1.82) is 5.26 Å². The summed E-state index contributed by atoms with van der Waals surface area (Å²) in [6, 6.07) is 9.28. The smallest absolute Gasteiger partial charge is 0.258 e. The Kier molecular flexibility index (Phi) is 3.71. The summed E-state index contributed by atoms with van der Waals surface area (Å²) in [5, 5.41) is 15.7. The first-order valence-corrected chi connectivity index (χ1v) is 6.04. The molecular weight excluding hydrogens is 254 g/mol. The fourth-order valence-corrected chi connectivity index (χ4v) is 1.90. The fraction of sp³-hybridized carbons (Fsp3) is 0.214. The first kappa shape index (κ1) is 13.6. The van der Waals surface area contributed by atoms with Gasteiger partial charge in [-0.05, 0) is 12.1 Å². The van der Waals surface area contributed by atoms with Gasteiger partial charge in [-0.3, -0.25) is 9.48 Å². The lowest BCUT2D eigenvalue weighted by molar-refractivity contribution is 0.102. The van der Waals surface area contributed by atoms with E-state index in [-0.39, 0.29) is 5.91 Å². The molecule has 1 amide bonds. The standard InChI is InChI=1S/C14H15N5O/c1-18(2)12-7-5-4-6-11(12)14(20)17-13-10(8-15)9-16-19(13)3/h4-7,9H,1-3H3,(H,17,20). The number of benzene rings is 1. The average Bonchev–Trinajstić information content (AvgIpc) is 2.79. The Hall–Kier alpha value is -2.81. The van der Waals surface area contributed by atoms with Gasteiger partial charge in [0.05, 0.1) is 11.8 Å². The zero-order valence-electron chi connectivity index (χ0n) is 11.6. The molecule has 0 saturated carbocycles. The minimum atomic E-state index is -0.269. The van der Waals surface area contributed by atoms with E-state index in [0.29, 0.717) is 16.9 Å². The third kappa shape index (κ3) is 2.47. The van der Waals surface area contributed by atoms with E-state index in [9.17, 15) is 4.79 Å². The van der Waals surface area contributed by atoms with E-state index in [4.69, 9.17) is 5.26 Å². The topological polar surface area (TPSA) is 74.0 Å². The summed E-state index contributed by atoms with van der Waals surface area (Å²) in [5.74, 6) is 0.125. The van der Waals surface area contributed by atoms with Gasteiger partial charge in [-0.1, -0.05) is 12.1 Å². The molecule has 1 aromatic heterocycles. The highest BCUT2D eigenvalue weighted by molar-refractivity contribution is 6.08. The number of carbonyl (C=O) groups excluding carboxylic acids is 1. The van der Waals surface area contributed by atoms with Gasteiger partial charge in [0.2, 0.25) is 0 Å². The lowest BCUT2D eigenvalue weighted by Gasteiger charge is -2.17. The predicted octanol–water partition coefficient (Wildman–Crippen LogP) is 1.61. The molecule has 6 heteroatoms. The van der Waals surface area contributed by atoms with E-state index >= 15 is 0 Å². The number of anilines is 2. The van der Waals surface area contributed by atoms with Gasteiger partial charge in [-0.2, -0.15) is 10.4 Å². The maximum Gasteiger partial charge on any atom is 0.258 e. The summed E-state index contributed by atoms with van der Waals surface area (Å²) < 4.78 is 1.47. The number of aryl methyl sites for hydroxylation is 1. The number of aromatic nitrogens is 2. The van der Waals surface area contributed by atoms with Gasteiger partial charge in [0.15, 0.2) is 0 Å². The van der Waals surface area contributed by atoms with Gasteiger partial charge in [-0.25, -0.2) is 0 Å². The molecule has 0 fully saturated rings. The van der Waals surface area contributed by atoms with Gasteiger partial charge >= 0.3 is 0 Å². The second-order valence-corrected chi connectivity index (χ2v) is 4.51. The van der Waals surface area contributed by atoms with E-state index in [1.165, 1.54) is 10.9 Å². The first-order valence-electron chi connectivity index (χ1n) is 6.04. The number of hydrogen-bond donors (Lipinski definition) is 1. The Bertz CT molecular complexity index is 681. The third-order valence-corrected chi connectivity index (χ3v) is 2.92. The van der Waals surface area contributed by atoms with Gasteiger partial charge in [0.25, 0.3) is 5.91 Å². The fourth-order valence-electron chi connectivity index (χ4n) is 1.90. The van der Waals surface area contributed by atoms with E-state index in [0.717, 1.165) is 5.69 Å². The highest BCUT2D eigenvalue weighted by Crippen LogP contribution is 2.20. The second-order valence-electron chi connectivity index (χ2n) is 4.51. The van der Waals surface area contributed by atoms with Crippen LogP contribution in [0.1, 0.15) is 15.9 Å². The summed E-state index contributed by atoms with van der Waals surface area (Å²) in [5.41, 5.74) is 1.69. The molecule has 1 aromatic carbocycles. The summed E-state index contributed by atoms with van der Waals surface area (Å²) in [4.78, 5) is 14.2. The van der Waals surface area contributed by atoms with E-state index < -0.39 is 0 Å². The van der Waals surface area contributed by atoms with Gasteiger partial charge in [0.1, 0.15) is 17.5 Å². The van der Waals surface area contributed by atoms with Crippen molar-refractivity contribution in [2.24, 2.45) is 7.05 Å². The van der Waals surface area contributed by atoms with Crippen LogP contribution in [0.4, 0.5) is 11.5 Å². The van der Waals surface area contributed by atoms with Crippen LogP contribution in [-0.2, 0) is 7.05 Å². The molecule has 0 unspecified atom stereocenters. The SMILES string of the molecule is CN(C)c1ccccc1C(=O)Nc1c(C#N)cnn1C. The number of nitriles is 1. The van der Waals surface area contributed by atoms with E-state index in [2.05, 4.69) is 10.4 Å². The molecule has 0 saturated heterocycles. The summed E-state index contributed by atoms with van der Waals surface area (Å²) >= 11 is 0. The van der Waals surface area contributed by atoms with Crippen LogP contribution in [0.2, 0.25) is 0 Å². The Labute approximate surface area is 117 Å². The summed E-state index contributed by atoms with van der Waals surface area (Å²) in [6.45, 7) is 0. The Morgan fingerprint density at radius 3 is 2.75 bits per heavy atom. The molecule has 0 bridgehead atoms. The highest BCUT2D eigenvalue weighted by Gasteiger charge is 2.16. The van der Waals surface area contributed by atoms with Crippen molar-refractivity contribution in [3.63, 3.8) is 0 Å². The van der Waals surface area contributed by atoms with Crippen molar-refractivity contribution in [2.45, 2.75) is 0 Å². The maximum absolute atomic E-state index is 12.4. The van der Waals surface area contributed by atoms with Gasteiger partial charge < -0.3 is 10.2 Å². The van der Waals surface area contributed by atoms with E-state index in [1.807, 2.05) is 37.2 Å². The van der Waals surface area contributed by atoms with Crippen LogP contribution < -0.4 is 10.2 Å². The van der Waals surface area contributed by atoms with Crippen LogP contribution in [0.3, 0.4) is 0 Å². The van der Waals surface area contributed by atoms with Crippen LogP contribution in [0, 0.1) is 11.3 Å². The van der Waals surface area contributed by atoms with Crippen LogP contribution in [-0.4, -0.2) is 29.8 Å². The molecule has 0 aliphatic rings. The first-order chi connectivity index (χ1) is 9.54. The molecule has 102 valence electrons. The monoisotopic (exact) mass is 269 g/mol. The van der Waals surface area contributed by atoms with Crippen LogP contribution in [0.25, 0.3) is 0 Å². The van der Waals surface area contributed by atoms with Crippen LogP contribution >= 0.6 is 0 Å². The predicted molar refractivity (Wildman–Crippen MR) is 76.6 cm³/mol. The number of amides is 1.